The molecule has 0 radical (unpaired) electrons. The molecule has 2 aliphatic heterocycles. The lowest BCUT2D eigenvalue weighted by atomic mass is 10.1. The average Bonchev–Trinajstić information content (AvgIpc) is 3.41. The molecule has 0 spiro atoms. The number of hydrogen-bond acceptors (Lipinski definition) is 5. The first kappa shape index (κ1) is 21.7. The number of rotatable bonds is 7. The fraction of sp³-hybridized carbons (Fsp3) is 0.360. The van der Waals surface area contributed by atoms with Gasteiger partial charge in [-0.15, -0.1) is 0 Å². The van der Waals surface area contributed by atoms with Gasteiger partial charge >= 0.3 is 0 Å². The van der Waals surface area contributed by atoms with Crippen LogP contribution in [-0.4, -0.2) is 49.3 Å². The van der Waals surface area contributed by atoms with Gasteiger partial charge in [0, 0.05) is 39.0 Å². The molecular weight excluding hydrogens is 406 g/mol. The Bertz CT molecular complexity index is 982. The number of para-hydroxylation sites is 1. The summed E-state index contributed by atoms with van der Waals surface area (Å²) in [5.41, 5.74) is 4.39. The van der Waals surface area contributed by atoms with E-state index in [1.54, 1.807) is 12.0 Å². The van der Waals surface area contributed by atoms with Crippen LogP contribution < -0.4 is 4.90 Å². The second-order valence-electron chi connectivity index (χ2n) is 7.88. The Hall–Kier alpha value is -2.57. The van der Waals surface area contributed by atoms with Crippen molar-refractivity contribution in [1.82, 2.24) is 4.90 Å². The van der Waals surface area contributed by atoms with Crippen LogP contribution in [0, 0.1) is 6.92 Å². The zero-order valence-electron chi connectivity index (χ0n) is 18.2. The second-order valence-corrected chi connectivity index (χ2v) is 8.89. The van der Waals surface area contributed by atoms with Crippen molar-refractivity contribution >= 4 is 40.3 Å². The van der Waals surface area contributed by atoms with E-state index in [0.29, 0.717) is 18.1 Å². The number of carbonyl (C=O) groups is 1. The SMILES string of the molecule is COCCCN1C(=O)/C(=C/c2ccc(N3CCCC3)cc2C)SC1=Nc1ccccc1. The maximum Gasteiger partial charge on any atom is 0.266 e. The van der Waals surface area contributed by atoms with Gasteiger partial charge in [-0.25, -0.2) is 4.99 Å². The van der Waals surface area contributed by atoms with Crippen molar-refractivity contribution < 1.29 is 9.53 Å². The topological polar surface area (TPSA) is 45.1 Å². The number of benzene rings is 2. The van der Waals surface area contributed by atoms with E-state index in [4.69, 9.17) is 9.73 Å². The van der Waals surface area contributed by atoms with Crippen molar-refractivity contribution in [3.05, 3.63) is 64.6 Å². The normalized spacial score (nSPS) is 19.2. The lowest BCUT2D eigenvalue weighted by Crippen LogP contribution is -2.30. The molecule has 1 amide bonds. The minimum absolute atomic E-state index is 0.0128. The molecule has 0 bridgehead atoms. The van der Waals surface area contributed by atoms with Gasteiger partial charge in [-0.1, -0.05) is 24.3 Å². The Balaban J connectivity index is 1.59. The molecule has 4 rings (SSSR count). The van der Waals surface area contributed by atoms with Crippen molar-refractivity contribution in [1.29, 1.82) is 0 Å². The highest BCUT2D eigenvalue weighted by Gasteiger charge is 2.33. The van der Waals surface area contributed by atoms with Crippen LogP contribution in [0.5, 0.6) is 0 Å². The van der Waals surface area contributed by atoms with Crippen LogP contribution >= 0.6 is 11.8 Å². The van der Waals surface area contributed by atoms with Gasteiger partial charge in [-0.3, -0.25) is 9.69 Å². The van der Waals surface area contributed by atoms with Gasteiger partial charge in [-0.05, 0) is 79.4 Å². The predicted molar refractivity (Wildman–Crippen MR) is 130 cm³/mol. The number of amides is 1. The number of thioether (sulfide) groups is 1. The van der Waals surface area contributed by atoms with E-state index in [-0.39, 0.29) is 5.91 Å². The van der Waals surface area contributed by atoms with E-state index >= 15 is 0 Å². The van der Waals surface area contributed by atoms with Crippen LogP contribution in [0.15, 0.2) is 58.4 Å². The Morgan fingerprint density at radius 3 is 2.61 bits per heavy atom. The lowest BCUT2D eigenvalue weighted by Gasteiger charge is -2.18. The second kappa shape index (κ2) is 10.2. The number of methoxy groups -OCH3 is 1. The van der Waals surface area contributed by atoms with E-state index in [2.05, 4.69) is 30.0 Å². The number of carbonyl (C=O) groups excluding carboxylic acids is 1. The molecule has 0 unspecified atom stereocenters. The van der Waals surface area contributed by atoms with Crippen LogP contribution in [0.25, 0.3) is 6.08 Å². The molecule has 0 aromatic heterocycles. The van der Waals surface area contributed by atoms with Gasteiger partial charge in [0.2, 0.25) is 0 Å². The standard InChI is InChI=1S/C25H29N3O2S/c1-19-17-22(27-13-6-7-14-27)12-11-20(19)18-23-24(29)28(15-8-16-30-2)25(31-23)26-21-9-4-3-5-10-21/h3-5,9-12,17-18H,6-8,13-16H2,1-2H3/b23-18-,26-25?. The molecule has 0 saturated carbocycles. The highest BCUT2D eigenvalue weighted by Crippen LogP contribution is 2.35. The molecule has 6 heteroatoms. The van der Waals surface area contributed by atoms with E-state index in [1.807, 2.05) is 36.4 Å². The lowest BCUT2D eigenvalue weighted by molar-refractivity contribution is -0.122. The van der Waals surface area contributed by atoms with Gasteiger partial charge in [0.25, 0.3) is 5.91 Å². The summed E-state index contributed by atoms with van der Waals surface area (Å²) >= 11 is 1.45. The molecule has 5 nitrogen and oxygen atoms in total. The summed E-state index contributed by atoms with van der Waals surface area (Å²) in [6.45, 7) is 5.58. The highest BCUT2D eigenvalue weighted by molar-refractivity contribution is 8.18. The molecule has 31 heavy (non-hydrogen) atoms. The molecule has 162 valence electrons. The molecule has 2 aromatic carbocycles. The van der Waals surface area contributed by atoms with Gasteiger partial charge in [0.05, 0.1) is 10.6 Å². The molecular formula is C25H29N3O2S. The first-order valence-corrected chi connectivity index (χ1v) is 11.7. The average molecular weight is 436 g/mol. The summed E-state index contributed by atoms with van der Waals surface area (Å²) in [6, 6.07) is 16.3. The molecule has 0 aliphatic carbocycles. The first-order chi connectivity index (χ1) is 15.2. The third kappa shape index (κ3) is 5.20. The van der Waals surface area contributed by atoms with E-state index in [0.717, 1.165) is 35.9 Å². The first-order valence-electron chi connectivity index (χ1n) is 10.9. The highest BCUT2D eigenvalue weighted by atomic mass is 32.2. The van der Waals surface area contributed by atoms with Crippen LogP contribution in [0.4, 0.5) is 11.4 Å². The maximum absolute atomic E-state index is 13.2. The van der Waals surface area contributed by atoms with Crippen molar-refractivity contribution in [2.45, 2.75) is 26.2 Å². The minimum atomic E-state index is 0.0128. The molecule has 2 aromatic rings. The Morgan fingerprint density at radius 2 is 1.90 bits per heavy atom. The summed E-state index contributed by atoms with van der Waals surface area (Å²) in [6.07, 6.45) is 5.30. The van der Waals surface area contributed by atoms with Gasteiger partial charge < -0.3 is 9.64 Å². The third-order valence-electron chi connectivity index (χ3n) is 5.61. The summed E-state index contributed by atoms with van der Waals surface area (Å²) in [4.78, 5) is 22.9. The number of aryl methyl sites for hydroxylation is 1. The number of hydrogen-bond donors (Lipinski definition) is 0. The zero-order valence-corrected chi connectivity index (χ0v) is 19.0. The Labute approximate surface area is 188 Å². The molecule has 2 aliphatic rings. The smallest absolute Gasteiger partial charge is 0.266 e. The largest absolute Gasteiger partial charge is 0.385 e. The predicted octanol–water partition coefficient (Wildman–Crippen LogP) is 5.24. The molecule has 0 N–H and O–H groups in total. The molecule has 2 fully saturated rings. The summed E-state index contributed by atoms with van der Waals surface area (Å²) in [5, 5.41) is 0.727. The molecule has 2 saturated heterocycles. The Kier molecular flexibility index (Phi) is 7.10. The zero-order chi connectivity index (χ0) is 21.6. The van der Waals surface area contributed by atoms with Crippen LogP contribution in [0.2, 0.25) is 0 Å². The molecule has 0 atom stereocenters. The van der Waals surface area contributed by atoms with Gasteiger partial charge in [0.15, 0.2) is 5.17 Å². The van der Waals surface area contributed by atoms with Crippen LogP contribution in [0.1, 0.15) is 30.4 Å². The minimum Gasteiger partial charge on any atom is -0.385 e. The number of anilines is 1. The number of aliphatic imine (C=N–C) groups is 1. The van der Waals surface area contributed by atoms with E-state index in [1.165, 1.54) is 35.9 Å². The van der Waals surface area contributed by atoms with Gasteiger partial charge in [-0.2, -0.15) is 0 Å². The number of ether oxygens (including phenoxy) is 1. The van der Waals surface area contributed by atoms with Crippen LogP contribution in [-0.2, 0) is 9.53 Å². The summed E-state index contributed by atoms with van der Waals surface area (Å²) in [5.74, 6) is 0.0128. The summed E-state index contributed by atoms with van der Waals surface area (Å²) < 4.78 is 5.18. The van der Waals surface area contributed by atoms with Crippen molar-refractivity contribution in [2.75, 3.05) is 38.3 Å². The fourth-order valence-electron chi connectivity index (χ4n) is 3.90. The van der Waals surface area contributed by atoms with Crippen molar-refractivity contribution in [3.63, 3.8) is 0 Å². The maximum atomic E-state index is 13.2. The number of nitrogens with zero attached hydrogens (tertiary/aromatic N) is 3. The van der Waals surface area contributed by atoms with E-state index < -0.39 is 0 Å². The number of amidine groups is 1. The Morgan fingerprint density at radius 1 is 1.13 bits per heavy atom. The molecule has 2 heterocycles. The summed E-state index contributed by atoms with van der Waals surface area (Å²) in [7, 11) is 1.68. The van der Waals surface area contributed by atoms with Crippen molar-refractivity contribution in [3.8, 4) is 0 Å². The fourth-order valence-corrected chi connectivity index (χ4v) is 4.92. The van der Waals surface area contributed by atoms with Gasteiger partial charge in [0.1, 0.15) is 0 Å². The quantitative estimate of drug-likeness (QED) is 0.441. The third-order valence-corrected chi connectivity index (χ3v) is 6.62. The van der Waals surface area contributed by atoms with Crippen molar-refractivity contribution in [2.24, 2.45) is 4.99 Å². The monoisotopic (exact) mass is 435 g/mol. The van der Waals surface area contributed by atoms with Crippen LogP contribution in [0.3, 0.4) is 0 Å². The van der Waals surface area contributed by atoms with E-state index in [9.17, 15) is 4.79 Å².